The average molecular weight is 778 g/mol. The fourth-order valence-corrected chi connectivity index (χ4v) is 7.00. The van der Waals surface area contributed by atoms with Crippen LogP contribution in [0.4, 0.5) is 0 Å². The molecule has 5 atom stereocenters. The van der Waals surface area contributed by atoms with Crippen LogP contribution >= 0.6 is 0 Å². The fourth-order valence-electron chi connectivity index (χ4n) is 5.98. The first kappa shape index (κ1) is 45.1. The monoisotopic (exact) mass is 777 g/mol. The lowest BCUT2D eigenvalue weighted by atomic mass is 9.96. The van der Waals surface area contributed by atoms with Crippen LogP contribution in [-0.2, 0) is 41.7 Å². The smallest absolute Gasteiger partial charge is 0.325 e. The molecular formula is C42H63N5O7Si. The number of hydrogen-bond donors (Lipinski definition) is 3. The van der Waals surface area contributed by atoms with Crippen molar-refractivity contribution in [3.63, 3.8) is 0 Å². The van der Waals surface area contributed by atoms with Crippen LogP contribution in [0.3, 0.4) is 0 Å². The number of hydrazine groups is 1. The van der Waals surface area contributed by atoms with E-state index in [1.807, 2.05) is 38.1 Å². The lowest BCUT2D eigenvalue weighted by Crippen LogP contribution is -2.62. The number of ether oxygens (including phenoxy) is 2. The zero-order valence-corrected chi connectivity index (χ0v) is 35.3. The van der Waals surface area contributed by atoms with Crippen molar-refractivity contribution in [1.82, 2.24) is 26.1 Å². The molecule has 1 aliphatic heterocycles. The van der Waals surface area contributed by atoms with E-state index in [1.165, 1.54) is 5.01 Å². The minimum atomic E-state index is -2.17. The van der Waals surface area contributed by atoms with E-state index in [0.717, 1.165) is 11.1 Å². The van der Waals surface area contributed by atoms with E-state index in [4.69, 9.17) is 13.9 Å². The van der Waals surface area contributed by atoms with Gasteiger partial charge in [-0.15, -0.1) is 6.58 Å². The van der Waals surface area contributed by atoms with Gasteiger partial charge in [-0.3, -0.25) is 29.2 Å². The molecule has 12 nitrogen and oxygen atoms in total. The standard InChI is InChI=1S/C42H63N5O7Si/c1-12-14-20-36(52-9)29(5)38(48)45-37(28(3)4)39(49)44-35(26-31-17-15-18-33(25-31)54-55(10,11)42(6,7)8)40(50)47-23-16-19-34(46-47)41(51)53-27-32-24-30(13-2)21-22-43-32/h12-13,15,17-18,21-22,24-25,28-29,34-37,46H,1-2,14,16,19-20,23,26-27H2,3-11H3,(H,44,49)(H,45,48)/t29-,34?,35?,36-,37?/m1/s1. The van der Waals surface area contributed by atoms with Crippen LogP contribution in [-0.4, -0.2) is 79.9 Å². The third-order valence-electron chi connectivity index (χ3n) is 10.5. The lowest BCUT2D eigenvalue weighted by molar-refractivity contribution is -0.154. The molecule has 2 heterocycles. The van der Waals surface area contributed by atoms with Crippen molar-refractivity contribution in [1.29, 1.82) is 0 Å². The van der Waals surface area contributed by atoms with Gasteiger partial charge in [-0.1, -0.05) is 72.4 Å². The van der Waals surface area contributed by atoms with Gasteiger partial charge < -0.3 is 24.5 Å². The summed E-state index contributed by atoms with van der Waals surface area (Å²) in [7, 11) is -0.607. The van der Waals surface area contributed by atoms with Gasteiger partial charge in [-0.2, -0.15) is 0 Å². The Kier molecular flexibility index (Phi) is 16.8. The first-order valence-electron chi connectivity index (χ1n) is 19.2. The highest BCUT2D eigenvalue weighted by Crippen LogP contribution is 2.37. The van der Waals surface area contributed by atoms with Crippen molar-refractivity contribution >= 4 is 38.1 Å². The van der Waals surface area contributed by atoms with Crippen molar-refractivity contribution in [3.8, 4) is 5.75 Å². The Labute approximate surface area is 329 Å². The van der Waals surface area contributed by atoms with Crippen LogP contribution in [0.5, 0.6) is 5.75 Å². The van der Waals surface area contributed by atoms with Gasteiger partial charge in [0.15, 0.2) is 0 Å². The maximum atomic E-state index is 14.4. The van der Waals surface area contributed by atoms with E-state index < -0.39 is 50.1 Å². The highest BCUT2D eigenvalue weighted by atomic mass is 28.4. The number of amides is 3. The summed E-state index contributed by atoms with van der Waals surface area (Å²) in [6, 6.07) is 8.41. The van der Waals surface area contributed by atoms with Gasteiger partial charge in [0, 0.05) is 26.3 Å². The number of nitrogens with zero attached hydrogens (tertiary/aromatic N) is 2. The number of hydrogen-bond acceptors (Lipinski definition) is 9. The van der Waals surface area contributed by atoms with E-state index >= 15 is 0 Å². The number of rotatable bonds is 19. The van der Waals surface area contributed by atoms with Gasteiger partial charge in [0.2, 0.25) is 20.1 Å². The van der Waals surface area contributed by atoms with Crippen LogP contribution in [0, 0.1) is 11.8 Å². The molecule has 1 aliphatic rings. The van der Waals surface area contributed by atoms with Gasteiger partial charge in [-0.25, -0.2) is 5.43 Å². The van der Waals surface area contributed by atoms with Crippen molar-refractivity contribution < 1.29 is 33.1 Å². The van der Waals surface area contributed by atoms with Crippen molar-refractivity contribution in [2.24, 2.45) is 11.8 Å². The van der Waals surface area contributed by atoms with E-state index in [1.54, 1.807) is 44.5 Å². The third-order valence-corrected chi connectivity index (χ3v) is 14.8. The van der Waals surface area contributed by atoms with E-state index in [9.17, 15) is 19.2 Å². The van der Waals surface area contributed by atoms with Gasteiger partial charge in [0.05, 0.1) is 17.7 Å². The Bertz CT molecular complexity index is 1640. The number of methoxy groups -OCH3 is 1. The zero-order valence-electron chi connectivity index (χ0n) is 34.3. The summed E-state index contributed by atoms with van der Waals surface area (Å²) < 4.78 is 17.7. The summed E-state index contributed by atoms with van der Waals surface area (Å²) in [5.74, 6) is -1.89. The van der Waals surface area contributed by atoms with Crippen molar-refractivity contribution in [2.75, 3.05) is 13.7 Å². The number of carbonyl (C=O) groups excluding carboxylic acids is 4. The molecule has 302 valence electrons. The Morgan fingerprint density at radius 1 is 1.07 bits per heavy atom. The SMILES string of the molecule is C=CCC[C@@H](OC)[C@@H](C)C(=O)NC(C(=O)NC(Cc1cccc(O[Si](C)(C)C(C)(C)C)c1)C(=O)N1CCCC(C(=O)OCc2cc(C=C)ccn2)N1)C(C)C. The van der Waals surface area contributed by atoms with E-state index in [2.05, 4.69) is 68.1 Å². The Morgan fingerprint density at radius 2 is 1.80 bits per heavy atom. The number of nitrogens with one attached hydrogen (secondary N) is 3. The van der Waals surface area contributed by atoms with E-state index in [-0.39, 0.29) is 36.0 Å². The molecule has 0 spiro atoms. The fraction of sp³-hybridized carbons (Fsp3) is 0.548. The molecule has 13 heteroatoms. The number of allylic oxidation sites excluding steroid dienone is 1. The normalized spacial score (nSPS) is 17.0. The number of aromatic nitrogens is 1. The number of benzene rings is 1. The largest absolute Gasteiger partial charge is 0.543 e. The Balaban J connectivity index is 1.86. The first-order valence-corrected chi connectivity index (χ1v) is 22.2. The van der Waals surface area contributed by atoms with Crippen LogP contribution in [0.15, 0.2) is 61.8 Å². The lowest BCUT2D eigenvalue weighted by Gasteiger charge is -2.36. The van der Waals surface area contributed by atoms with Crippen molar-refractivity contribution in [3.05, 3.63) is 78.6 Å². The van der Waals surface area contributed by atoms with E-state index in [0.29, 0.717) is 43.7 Å². The average Bonchev–Trinajstić information content (AvgIpc) is 3.14. The summed E-state index contributed by atoms with van der Waals surface area (Å²) >= 11 is 0. The molecule has 1 aromatic carbocycles. The maximum absolute atomic E-state index is 14.4. The summed E-state index contributed by atoms with van der Waals surface area (Å²) in [4.78, 5) is 59.4. The summed E-state index contributed by atoms with van der Waals surface area (Å²) in [5.41, 5.74) is 5.27. The second-order valence-corrected chi connectivity index (χ2v) is 20.9. The van der Waals surface area contributed by atoms with Crippen LogP contribution in [0.1, 0.15) is 84.0 Å². The van der Waals surface area contributed by atoms with Crippen molar-refractivity contribution in [2.45, 2.75) is 123 Å². The summed E-state index contributed by atoms with van der Waals surface area (Å²) in [6.07, 6.45) is 7.15. The maximum Gasteiger partial charge on any atom is 0.325 e. The number of carbonyl (C=O) groups is 4. The molecule has 3 unspecified atom stereocenters. The van der Waals surface area contributed by atoms with Gasteiger partial charge in [0.1, 0.15) is 30.5 Å². The molecule has 3 rings (SSSR count). The number of esters is 1. The molecule has 1 aromatic heterocycles. The molecule has 0 bridgehead atoms. The molecule has 55 heavy (non-hydrogen) atoms. The highest BCUT2D eigenvalue weighted by molar-refractivity contribution is 6.74. The predicted octanol–water partition coefficient (Wildman–Crippen LogP) is 6.13. The Hall–Kier alpha value is -4.33. The summed E-state index contributed by atoms with van der Waals surface area (Å²) in [5, 5.41) is 7.25. The third kappa shape index (κ3) is 13.1. The summed E-state index contributed by atoms with van der Waals surface area (Å²) in [6.45, 7) is 24.1. The molecule has 1 fully saturated rings. The molecule has 3 N–H and O–H groups in total. The molecule has 0 radical (unpaired) electrons. The van der Waals surface area contributed by atoms with Crippen LogP contribution in [0.25, 0.3) is 6.08 Å². The minimum Gasteiger partial charge on any atom is -0.543 e. The molecular weight excluding hydrogens is 715 g/mol. The minimum absolute atomic E-state index is 0.0258. The quantitative estimate of drug-likeness (QED) is 0.0871. The molecule has 1 saturated heterocycles. The van der Waals surface area contributed by atoms with Crippen LogP contribution < -0.4 is 20.5 Å². The van der Waals surface area contributed by atoms with Gasteiger partial charge >= 0.3 is 5.97 Å². The Morgan fingerprint density at radius 3 is 2.44 bits per heavy atom. The number of pyridine rings is 1. The zero-order chi connectivity index (χ0) is 40.9. The topological polar surface area (TPSA) is 148 Å². The second-order valence-electron chi connectivity index (χ2n) is 16.1. The second kappa shape index (κ2) is 20.5. The molecule has 3 amide bonds. The molecule has 2 aromatic rings. The highest BCUT2D eigenvalue weighted by Gasteiger charge is 2.39. The van der Waals surface area contributed by atoms with Crippen LogP contribution in [0.2, 0.25) is 18.1 Å². The molecule has 0 aliphatic carbocycles. The molecule has 0 saturated carbocycles. The first-order chi connectivity index (χ1) is 25.9. The van der Waals surface area contributed by atoms with Gasteiger partial charge in [-0.05, 0) is 85.1 Å². The predicted molar refractivity (Wildman–Crippen MR) is 218 cm³/mol. The van der Waals surface area contributed by atoms with Gasteiger partial charge in [0.25, 0.3) is 5.91 Å².